The Labute approximate surface area is 189 Å². The van der Waals surface area contributed by atoms with E-state index in [1.807, 2.05) is 48.5 Å². The normalized spacial score (nSPS) is 10.9. The van der Waals surface area contributed by atoms with Crippen LogP contribution in [0.2, 0.25) is 10.0 Å². The molecule has 0 saturated heterocycles. The Bertz CT molecular complexity index is 909. The van der Waals surface area contributed by atoms with Crippen molar-refractivity contribution in [1.29, 1.82) is 0 Å². The minimum Gasteiger partial charge on any atom is -0.369 e. The summed E-state index contributed by atoms with van der Waals surface area (Å²) in [5, 5.41) is 13.8. The Morgan fingerprint density at radius 2 is 1.27 bits per heavy atom. The van der Waals surface area contributed by atoms with E-state index in [0.29, 0.717) is 10.0 Å². The van der Waals surface area contributed by atoms with Gasteiger partial charge in [0.05, 0.1) is 0 Å². The van der Waals surface area contributed by atoms with Crippen molar-refractivity contribution in [1.82, 2.24) is 10.2 Å². The summed E-state index contributed by atoms with van der Waals surface area (Å²) in [6.07, 6.45) is 9.03. The highest BCUT2D eigenvalue weighted by atomic mass is 35.5. The SMILES string of the molecule is CCCCCCCCCNc1cc(-c2ccc(Cl)cc2)c(-c2ccc(Cl)cc2)nn1. The Balaban J connectivity index is 1.71. The van der Waals surface area contributed by atoms with E-state index >= 15 is 0 Å². The topological polar surface area (TPSA) is 37.8 Å². The summed E-state index contributed by atoms with van der Waals surface area (Å²) in [4.78, 5) is 0. The van der Waals surface area contributed by atoms with Gasteiger partial charge in [-0.3, -0.25) is 0 Å². The number of hydrogen-bond acceptors (Lipinski definition) is 3. The van der Waals surface area contributed by atoms with Crippen LogP contribution in [0.5, 0.6) is 0 Å². The fourth-order valence-electron chi connectivity index (χ4n) is 3.45. The van der Waals surface area contributed by atoms with Gasteiger partial charge in [0.15, 0.2) is 0 Å². The number of rotatable bonds is 11. The third-order valence-electron chi connectivity index (χ3n) is 5.15. The van der Waals surface area contributed by atoms with E-state index in [4.69, 9.17) is 23.2 Å². The molecule has 0 fully saturated rings. The van der Waals surface area contributed by atoms with E-state index in [-0.39, 0.29) is 0 Å². The molecule has 5 heteroatoms. The Hall–Kier alpha value is -2.10. The van der Waals surface area contributed by atoms with E-state index in [9.17, 15) is 0 Å². The molecule has 30 heavy (non-hydrogen) atoms. The van der Waals surface area contributed by atoms with Crippen molar-refractivity contribution in [3.8, 4) is 22.4 Å². The highest BCUT2D eigenvalue weighted by molar-refractivity contribution is 6.31. The molecule has 158 valence electrons. The smallest absolute Gasteiger partial charge is 0.149 e. The first-order chi connectivity index (χ1) is 14.7. The van der Waals surface area contributed by atoms with E-state index in [1.54, 1.807) is 0 Å². The van der Waals surface area contributed by atoms with Crippen LogP contribution in [0, 0.1) is 0 Å². The van der Waals surface area contributed by atoms with Gasteiger partial charge in [-0.1, -0.05) is 92.9 Å². The Morgan fingerprint density at radius 3 is 1.90 bits per heavy atom. The molecule has 3 aromatic rings. The summed E-state index contributed by atoms with van der Waals surface area (Å²) >= 11 is 12.1. The maximum absolute atomic E-state index is 6.09. The predicted octanol–water partition coefficient (Wildman–Crippen LogP) is 8.28. The standard InChI is InChI=1S/C25H29Cl2N3/c1-2-3-4-5-6-7-8-17-28-24-18-23(19-9-13-21(26)14-10-19)25(30-29-24)20-11-15-22(27)16-12-20/h9-16,18H,2-8,17H2,1H3,(H,28,29). The summed E-state index contributed by atoms with van der Waals surface area (Å²) in [5.74, 6) is 0.795. The lowest BCUT2D eigenvalue weighted by Gasteiger charge is -2.12. The van der Waals surface area contributed by atoms with Gasteiger partial charge in [-0.25, -0.2) is 0 Å². The van der Waals surface area contributed by atoms with Crippen LogP contribution in [0.15, 0.2) is 54.6 Å². The van der Waals surface area contributed by atoms with Crippen LogP contribution in [0.4, 0.5) is 5.82 Å². The Morgan fingerprint density at radius 1 is 0.700 bits per heavy atom. The zero-order valence-corrected chi connectivity index (χ0v) is 19.0. The average molecular weight is 442 g/mol. The van der Waals surface area contributed by atoms with E-state index in [0.717, 1.165) is 41.2 Å². The second-order valence-corrected chi connectivity index (χ2v) is 8.43. The summed E-state index contributed by atoms with van der Waals surface area (Å²) in [7, 11) is 0. The van der Waals surface area contributed by atoms with Crippen molar-refractivity contribution >= 4 is 29.0 Å². The van der Waals surface area contributed by atoms with E-state index in [1.165, 1.54) is 38.5 Å². The van der Waals surface area contributed by atoms with Gasteiger partial charge >= 0.3 is 0 Å². The van der Waals surface area contributed by atoms with Crippen LogP contribution in [-0.2, 0) is 0 Å². The molecule has 0 unspecified atom stereocenters. The quantitative estimate of drug-likeness (QED) is 0.304. The third-order valence-corrected chi connectivity index (χ3v) is 5.66. The first-order valence-electron chi connectivity index (χ1n) is 10.8. The fraction of sp³-hybridized carbons (Fsp3) is 0.360. The van der Waals surface area contributed by atoms with E-state index in [2.05, 4.69) is 28.5 Å². The number of anilines is 1. The first kappa shape index (κ1) is 22.6. The molecule has 0 aliphatic heterocycles. The lowest BCUT2D eigenvalue weighted by molar-refractivity contribution is 0.596. The highest BCUT2D eigenvalue weighted by Gasteiger charge is 2.12. The van der Waals surface area contributed by atoms with Crippen molar-refractivity contribution in [2.45, 2.75) is 51.9 Å². The molecule has 3 rings (SSSR count). The second kappa shape index (κ2) is 11.9. The van der Waals surface area contributed by atoms with Gasteiger partial charge in [0.25, 0.3) is 0 Å². The lowest BCUT2D eigenvalue weighted by atomic mass is 10.00. The number of aromatic nitrogens is 2. The van der Waals surface area contributed by atoms with Gasteiger partial charge in [-0.15, -0.1) is 10.2 Å². The third kappa shape index (κ3) is 6.72. The molecule has 2 aromatic carbocycles. The average Bonchev–Trinajstić information content (AvgIpc) is 2.77. The van der Waals surface area contributed by atoms with Crippen molar-refractivity contribution in [2.75, 3.05) is 11.9 Å². The van der Waals surface area contributed by atoms with Crippen LogP contribution < -0.4 is 5.32 Å². The van der Waals surface area contributed by atoms with Crippen molar-refractivity contribution in [2.24, 2.45) is 0 Å². The summed E-state index contributed by atoms with van der Waals surface area (Å²) < 4.78 is 0. The van der Waals surface area contributed by atoms with Crippen molar-refractivity contribution in [3.63, 3.8) is 0 Å². The number of nitrogens with one attached hydrogen (secondary N) is 1. The maximum Gasteiger partial charge on any atom is 0.149 e. The molecule has 0 saturated carbocycles. The predicted molar refractivity (Wildman–Crippen MR) is 129 cm³/mol. The molecule has 0 amide bonds. The number of benzene rings is 2. The zero-order valence-electron chi connectivity index (χ0n) is 17.5. The molecule has 0 spiro atoms. The molecule has 1 N–H and O–H groups in total. The van der Waals surface area contributed by atoms with E-state index < -0.39 is 0 Å². The molecular formula is C25H29Cl2N3. The maximum atomic E-state index is 6.09. The van der Waals surface area contributed by atoms with Gasteiger partial charge < -0.3 is 5.32 Å². The molecule has 0 atom stereocenters. The van der Waals surface area contributed by atoms with Gasteiger partial charge in [0, 0.05) is 27.7 Å². The molecule has 3 nitrogen and oxygen atoms in total. The second-order valence-electron chi connectivity index (χ2n) is 7.55. The minimum absolute atomic E-state index is 0.702. The molecule has 1 heterocycles. The fourth-order valence-corrected chi connectivity index (χ4v) is 3.70. The van der Waals surface area contributed by atoms with Crippen LogP contribution >= 0.6 is 23.2 Å². The van der Waals surface area contributed by atoms with Crippen molar-refractivity contribution < 1.29 is 0 Å². The largest absolute Gasteiger partial charge is 0.369 e. The number of halogens is 2. The molecule has 0 aliphatic rings. The molecule has 0 aliphatic carbocycles. The zero-order chi connectivity index (χ0) is 21.2. The van der Waals surface area contributed by atoms with Gasteiger partial charge in [0.1, 0.15) is 11.5 Å². The minimum atomic E-state index is 0.702. The molecule has 0 bridgehead atoms. The molecule has 0 radical (unpaired) electrons. The number of hydrogen-bond donors (Lipinski definition) is 1. The highest BCUT2D eigenvalue weighted by Crippen LogP contribution is 2.32. The lowest BCUT2D eigenvalue weighted by Crippen LogP contribution is -2.05. The van der Waals surface area contributed by atoms with Crippen LogP contribution in [0.25, 0.3) is 22.4 Å². The molecular weight excluding hydrogens is 413 g/mol. The van der Waals surface area contributed by atoms with Crippen molar-refractivity contribution in [3.05, 3.63) is 64.6 Å². The monoisotopic (exact) mass is 441 g/mol. The van der Waals surface area contributed by atoms with Gasteiger partial charge in [-0.2, -0.15) is 0 Å². The van der Waals surface area contributed by atoms with Crippen LogP contribution in [0.1, 0.15) is 51.9 Å². The summed E-state index contributed by atoms with van der Waals surface area (Å²) in [6, 6.07) is 17.6. The number of nitrogens with zero attached hydrogens (tertiary/aromatic N) is 2. The summed E-state index contributed by atoms with van der Waals surface area (Å²) in [5.41, 5.74) is 3.88. The summed E-state index contributed by atoms with van der Waals surface area (Å²) in [6.45, 7) is 3.16. The first-order valence-corrected chi connectivity index (χ1v) is 11.6. The molecule has 1 aromatic heterocycles. The van der Waals surface area contributed by atoms with Gasteiger partial charge in [-0.05, 0) is 42.3 Å². The van der Waals surface area contributed by atoms with Gasteiger partial charge in [0.2, 0.25) is 0 Å². The van der Waals surface area contributed by atoms with Crippen LogP contribution in [0.3, 0.4) is 0 Å². The Kier molecular flexibility index (Phi) is 8.98. The van der Waals surface area contributed by atoms with Crippen LogP contribution in [-0.4, -0.2) is 16.7 Å². The number of unbranched alkanes of at least 4 members (excludes halogenated alkanes) is 6.